The molecule has 2 aromatic rings. The lowest BCUT2D eigenvalue weighted by Crippen LogP contribution is -2.24. The fraction of sp³-hybridized carbons (Fsp3) is 0.176. The molecule has 0 saturated carbocycles. The first-order valence-corrected chi connectivity index (χ1v) is 7.69. The summed E-state index contributed by atoms with van der Waals surface area (Å²) in [4.78, 5) is 10.6. The Labute approximate surface area is 145 Å². The number of halogens is 1. The monoisotopic (exact) mass is 347 g/mol. The minimum atomic E-state index is -0.754. The van der Waals surface area contributed by atoms with Gasteiger partial charge in [0.05, 0.1) is 17.8 Å². The molecule has 0 radical (unpaired) electrons. The first kappa shape index (κ1) is 17.6. The molecule has 6 nitrogen and oxygen atoms in total. The van der Waals surface area contributed by atoms with E-state index in [-0.39, 0.29) is 0 Å². The normalized spacial score (nSPS) is 10.6. The molecule has 2 amide bonds. The Bertz CT molecular complexity index is 721. The van der Waals surface area contributed by atoms with Crippen LogP contribution in [0.2, 0.25) is 5.02 Å². The number of amides is 2. The largest absolute Gasteiger partial charge is 0.490 e. The van der Waals surface area contributed by atoms with Crippen molar-refractivity contribution < 1.29 is 14.3 Å². The van der Waals surface area contributed by atoms with Gasteiger partial charge in [0.15, 0.2) is 11.5 Å². The van der Waals surface area contributed by atoms with Crippen molar-refractivity contribution in [1.82, 2.24) is 5.43 Å². The molecule has 0 spiro atoms. The Morgan fingerprint density at radius 2 is 1.96 bits per heavy atom. The van der Waals surface area contributed by atoms with E-state index in [2.05, 4.69) is 10.5 Å². The topological polar surface area (TPSA) is 85.9 Å². The van der Waals surface area contributed by atoms with Crippen molar-refractivity contribution in [3.63, 3.8) is 0 Å². The molecule has 0 bridgehead atoms. The van der Waals surface area contributed by atoms with Crippen LogP contribution in [0.25, 0.3) is 0 Å². The molecular formula is C17H18ClN3O3. The van der Waals surface area contributed by atoms with Crippen molar-refractivity contribution in [2.75, 3.05) is 6.61 Å². The van der Waals surface area contributed by atoms with Gasteiger partial charge in [0, 0.05) is 11.6 Å². The van der Waals surface area contributed by atoms with Gasteiger partial charge in [0.25, 0.3) is 0 Å². The van der Waals surface area contributed by atoms with E-state index in [1.807, 2.05) is 37.3 Å². The Morgan fingerprint density at radius 3 is 2.62 bits per heavy atom. The van der Waals surface area contributed by atoms with Gasteiger partial charge in [-0.2, -0.15) is 5.10 Å². The maximum absolute atomic E-state index is 10.6. The molecule has 0 unspecified atom stereocenters. The molecule has 0 aliphatic heterocycles. The van der Waals surface area contributed by atoms with E-state index in [1.165, 1.54) is 6.21 Å². The zero-order chi connectivity index (χ0) is 17.4. The lowest BCUT2D eigenvalue weighted by atomic mass is 10.2. The maximum atomic E-state index is 10.6. The van der Waals surface area contributed by atoms with E-state index in [0.29, 0.717) is 35.3 Å². The van der Waals surface area contributed by atoms with Crippen LogP contribution in [0, 0.1) is 0 Å². The van der Waals surface area contributed by atoms with Gasteiger partial charge in [-0.05, 0) is 18.6 Å². The average Bonchev–Trinajstić information content (AvgIpc) is 2.57. The molecule has 0 aliphatic carbocycles. The lowest BCUT2D eigenvalue weighted by Gasteiger charge is -2.13. The zero-order valence-corrected chi connectivity index (χ0v) is 13.9. The van der Waals surface area contributed by atoms with Crippen molar-refractivity contribution >= 4 is 23.8 Å². The predicted molar refractivity (Wildman–Crippen MR) is 93.7 cm³/mol. The van der Waals surface area contributed by atoms with Crippen LogP contribution in [0.5, 0.6) is 11.5 Å². The van der Waals surface area contributed by atoms with Crippen LogP contribution >= 0.6 is 11.6 Å². The summed E-state index contributed by atoms with van der Waals surface area (Å²) in [6, 6.07) is 12.4. The second kappa shape index (κ2) is 8.79. The summed E-state index contributed by atoms with van der Waals surface area (Å²) in [7, 11) is 0. The van der Waals surface area contributed by atoms with Crippen LogP contribution in [0.4, 0.5) is 4.79 Å². The van der Waals surface area contributed by atoms with Crippen molar-refractivity contribution in [3.05, 3.63) is 58.6 Å². The summed E-state index contributed by atoms with van der Waals surface area (Å²) >= 11 is 6.23. The predicted octanol–water partition coefficient (Wildman–Crippen LogP) is 3.32. The van der Waals surface area contributed by atoms with E-state index in [0.717, 1.165) is 5.56 Å². The number of nitrogens with two attached hydrogens (primary N) is 1. The molecule has 0 atom stereocenters. The quantitative estimate of drug-likeness (QED) is 0.595. The second-order valence-electron chi connectivity index (χ2n) is 4.76. The van der Waals surface area contributed by atoms with E-state index in [4.69, 9.17) is 26.8 Å². The number of nitrogens with zero attached hydrogens (tertiary/aromatic N) is 1. The Morgan fingerprint density at radius 1 is 1.25 bits per heavy atom. The number of hydrogen-bond donors (Lipinski definition) is 2. The minimum absolute atomic E-state index is 0.397. The molecule has 0 fully saturated rings. The SMILES string of the molecule is CCOc1cc(C=NNC(N)=O)c(Cl)cc1OCc1ccccc1. The highest BCUT2D eigenvalue weighted by atomic mass is 35.5. The molecular weight excluding hydrogens is 330 g/mol. The highest BCUT2D eigenvalue weighted by Crippen LogP contribution is 2.33. The van der Waals surface area contributed by atoms with Crippen LogP contribution in [0.15, 0.2) is 47.6 Å². The average molecular weight is 348 g/mol. The molecule has 7 heteroatoms. The highest BCUT2D eigenvalue weighted by Gasteiger charge is 2.10. The first-order chi connectivity index (χ1) is 11.6. The van der Waals surface area contributed by atoms with Crippen molar-refractivity contribution in [2.45, 2.75) is 13.5 Å². The molecule has 0 aliphatic rings. The summed E-state index contributed by atoms with van der Waals surface area (Å²) in [5.41, 5.74) is 8.67. The third-order valence-corrected chi connectivity index (χ3v) is 3.31. The summed E-state index contributed by atoms with van der Waals surface area (Å²) in [6.45, 7) is 2.74. The zero-order valence-electron chi connectivity index (χ0n) is 13.2. The fourth-order valence-electron chi connectivity index (χ4n) is 1.93. The number of hydrogen-bond acceptors (Lipinski definition) is 4. The number of carbonyl (C=O) groups excluding carboxylic acids is 1. The first-order valence-electron chi connectivity index (χ1n) is 7.31. The van der Waals surface area contributed by atoms with Crippen LogP contribution in [-0.2, 0) is 6.61 Å². The van der Waals surface area contributed by atoms with Gasteiger partial charge in [-0.3, -0.25) is 0 Å². The Balaban J connectivity index is 2.19. The lowest BCUT2D eigenvalue weighted by molar-refractivity contribution is 0.249. The van der Waals surface area contributed by atoms with Crippen LogP contribution in [0.3, 0.4) is 0 Å². The van der Waals surface area contributed by atoms with Gasteiger partial charge < -0.3 is 15.2 Å². The van der Waals surface area contributed by atoms with Gasteiger partial charge in [0.2, 0.25) is 0 Å². The third kappa shape index (κ3) is 5.17. The summed E-state index contributed by atoms with van der Waals surface area (Å²) in [6.07, 6.45) is 1.39. The molecule has 24 heavy (non-hydrogen) atoms. The van der Waals surface area contributed by atoms with Crippen LogP contribution in [-0.4, -0.2) is 18.9 Å². The standard InChI is InChI=1S/C17H18ClN3O3/c1-2-23-15-8-13(10-20-21-17(19)22)14(18)9-16(15)24-11-12-6-4-3-5-7-12/h3-10H,2,11H2,1H3,(H3,19,21,22). The van der Waals surface area contributed by atoms with Crippen molar-refractivity contribution in [3.8, 4) is 11.5 Å². The fourth-order valence-corrected chi connectivity index (χ4v) is 2.13. The molecule has 2 rings (SSSR count). The smallest absolute Gasteiger partial charge is 0.332 e. The van der Waals surface area contributed by atoms with E-state index in [9.17, 15) is 4.79 Å². The van der Waals surface area contributed by atoms with Gasteiger partial charge >= 0.3 is 6.03 Å². The highest BCUT2D eigenvalue weighted by molar-refractivity contribution is 6.33. The van der Waals surface area contributed by atoms with Crippen molar-refractivity contribution in [2.24, 2.45) is 10.8 Å². The number of urea groups is 1. The molecule has 3 N–H and O–H groups in total. The summed E-state index contributed by atoms with van der Waals surface area (Å²) in [5, 5.41) is 4.11. The van der Waals surface area contributed by atoms with E-state index < -0.39 is 6.03 Å². The van der Waals surface area contributed by atoms with E-state index in [1.54, 1.807) is 12.1 Å². The number of nitrogens with one attached hydrogen (secondary N) is 1. The Kier molecular flexibility index (Phi) is 6.45. The number of primary amides is 1. The summed E-state index contributed by atoms with van der Waals surface area (Å²) < 4.78 is 11.4. The molecule has 2 aromatic carbocycles. The van der Waals surface area contributed by atoms with Crippen molar-refractivity contribution in [1.29, 1.82) is 0 Å². The Hall–Kier alpha value is -2.73. The minimum Gasteiger partial charge on any atom is -0.490 e. The van der Waals surface area contributed by atoms with Crippen LogP contribution < -0.4 is 20.6 Å². The number of benzene rings is 2. The summed E-state index contributed by atoms with van der Waals surface area (Å²) in [5.74, 6) is 1.07. The van der Waals surface area contributed by atoms with Crippen LogP contribution in [0.1, 0.15) is 18.1 Å². The number of ether oxygens (including phenoxy) is 2. The van der Waals surface area contributed by atoms with Gasteiger partial charge in [-0.1, -0.05) is 41.9 Å². The van der Waals surface area contributed by atoms with Gasteiger partial charge in [-0.25, -0.2) is 10.2 Å². The number of carbonyl (C=O) groups is 1. The second-order valence-corrected chi connectivity index (χ2v) is 5.17. The number of hydrazone groups is 1. The number of rotatable bonds is 7. The van der Waals surface area contributed by atoms with E-state index >= 15 is 0 Å². The maximum Gasteiger partial charge on any atom is 0.332 e. The van der Waals surface area contributed by atoms with Gasteiger partial charge in [0.1, 0.15) is 6.61 Å². The molecule has 0 aromatic heterocycles. The van der Waals surface area contributed by atoms with Gasteiger partial charge in [-0.15, -0.1) is 0 Å². The third-order valence-electron chi connectivity index (χ3n) is 2.98. The molecule has 126 valence electrons. The molecule has 0 saturated heterocycles. The molecule has 0 heterocycles.